The van der Waals surface area contributed by atoms with Crippen LogP contribution in [0.1, 0.15) is 29.8 Å². The van der Waals surface area contributed by atoms with Crippen molar-refractivity contribution in [2.75, 3.05) is 19.6 Å². The molecule has 2 atom stereocenters. The molecule has 21 heavy (non-hydrogen) atoms. The van der Waals surface area contributed by atoms with Crippen molar-refractivity contribution in [2.45, 2.75) is 26.1 Å². The standard InChI is InChI=1S/C16H19ClN2O2/c1-11-9-19(10-12(2)21-11)16(20)14-6-5-13(4-3-7-18)15(17)8-14/h5-6,8,11-12H,7,9-10,18H2,1-2H3/t11-,12+. The Kier molecular flexibility index (Phi) is 5.24. The summed E-state index contributed by atoms with van der Waals surface area (Å²) in [4.78, 5) is 14.3. The molecule has 0 spiro atoms. The van der Waals surface area contributed by atoms with E-state index in [-0.39, 0.29) is 24.7 Å². The van der Waals surface area contributed by atoms with Crippen molar-refractivity contribution < 1.29 is 9.53 Å². The van der Waals surface area contributed by atoms with E-state index in [2.05, 4.69) is 11.8 Å². The van der Waals surface area contributed by atoms with Crippen molar-refractivity contribution in [3.8, 4) is 11.8 Å². The van der Waals surface area contributed by atoms with Crippen molar-refractivity contribution in [1.29, 1.82) is 0 Å². The van der Waals surface area contributed by atoms with E-state index in [1.807, 2.05) is 13.8 Å². The van der Waals surface area contributed by atoms with Gasteiger partial charge >= 0.3 is 0 Å². The third-order valence-corrected chi connectivity index (χ3v) is 3.56. The second-order valence-electron chi connectivity index (χ2n) is 5.17. The smallest absolute Gasteiger partial charge is 0.254 e. The first-order chi connectivity index (χ1) is 10.0. The van der Waals surface area contributed by atoms with Gasteiger partial charge in [0.2, 0.25) is 0 Å². The highest BCUT2D eigenvalue weighted by molar-refractivity contribution is 6.32. The number of nitrogens with two attached hydrogens (primary N) is 1. The van der Waals surface area contributed by atoms with E-state index in [1.165, 1.54) is 0 Å². The van der Waals surface area contributed by atoms with Crippen LogP contribution in [0.15, 0.2) is 18.2 Å². The summed E-state index contributed by atoms with van der Waals surface area (Å²) < 4.78 is 5.64. The molecular weight excluding hydrogens is 288 g/mol. The molecule has 1 aliphatic rings. The molecule has 1 aromatic carbocycles. The number of hydrogen-bond acceptors (Lipinski definition) is 3. The van der Waals surface area contributed by atoms with Crippen LogP contribution >= 0.6 is 11.6 Å². The van der Waals surface area contributed by atoms with Crippen LogP contribution in [0.4, 0.5) is 0 Å². The lowest BCUT2D eigenvalue weighted by molar-refractivity contribution is -0.0586. The highest BCUT2D eigenvalue weighted by Gasteiger charge is 2.26. The van der Waals surface area contributed by atoms with Crippen LogP contribution in [0.25, 0.3) is 0 Å². The van der Waals surface area contributed by atoms with Gasteiger partial charge in [-0.3, -0.25) is 4.79 Å². The van der Waals surface area contributed by atoms with Gasteiger partial charge in [0.15, 0.2) is 0 Å². The molecule has 5 heteroatoms. The number of benzene rings is 1. The number of amides is 1. The molecule has 2 rings (SSSR count). The average molecular weight is 307 g/mol. The minimum absolute atomic E-state index is 0.0303. The van der Waals surface area contributed by atoms with Gasteiger partial charge < -0.3 is 15.4 Å². The molecular formula is C16H19ClN2O2. The van der Waals surface area contributed by atoms with Crippen LogP contribution in [0.5, 0.6) is 0 Å². The zero-order chi connectivity index (χ0) is 15.4. The molecule has 2 N–H and O–H groups in total. The van der Waals surface area contributed by atoms with Gasteiger partial charge in [0.05, 0.1) is 23.8 Å². The zero-order valence-corrected chi connectivity index (χ0v) is 13.0. The summed E-state index contributed by atoms with van der Waals surface area (Å²) in [5.74, 6) is 5.60. The van der Waals surface area contributed by atoms with Gasteiger partial charge in [-0.25, -0.2) is 0 Å². The van der Waals surface area contributed by atoms with Gasteiger partial charge in [0.1, 0.15) is 0 Å². The molecule has 1 aromatic rings. The molecule has 1 saturated heterocycles. The Morgan fingerprint density at radius 2 is 2.10 bits per heavy atom. The molecule has 0 aliphatic carbocycles. The van der Waals surface area contributed by atoms with Gasteiger partial charge in [-0.1, -0.05) is 23.4 Å². The van der Waals surface area contributed by atoms with E-state index in [0.29, 0.717) is 29.2 Å². The third kappa shape index (κ3) is 3.98. The molecule has 0 bridgehead atoms. The van der Waals surface area contributed by atoms with Crippen molar-refractivity contribution in [1.82, 2.24) is 4.90 Å². The van der Waals surface area contributed by atoms with E-state index < -0.39 is 0 Å². The Balaban J connectivity index is 2.18. The molecule has 1 heterocycles. The van der Waals surface area contributed by atoms with E-state index >= 15 is 0 Å². The van der Waals surface area contributed by atoms with E-state index in [9.17, 15) is 4.79 Å². The fourth-order valence-electron chi connectivity index (χ4n) is 2.42. The summed E-state index contributed by atoms with van der Waals surface area (Å²) in [6, 6.07) is 5.17. The van der Waals surface area contributed by atoms with Gasteiger partial charge in [0.25, 0.3) is 5.91 Å². The van der Waals surface area contributed by atoms with Crippen molar-refractivity contribution in [3.63, 3.8) is 0 Å². The summed E-state index contributed by atoms with van der Waals surface area (Å²) in [5, 5.41) is 0.469. The summed E-state index contributed by atoms with van der Waals surface area (Å²) in [5.41, 5.74) is 6.59. The van der Waals surface area contributed by atoms with Crippen molar-refractivity contribution in [2.24, 2.45) is 5.73 Å². The predicted molar refractivity (Wildman–Crippen MR) is 83.3 cm³/mol. The number of carbonyl (C=O) groups excluding carboxylic acids is 1. The summed E-state index contributed by atoms with van der Waals surface area (Å²) in [6.45, 7) is 5.40. The van der Waals surface area contributed by atoms with Crippen LogP contribution in [-0.4, -0.2) is 42.6 Å². The predicted octanol–water partition coefficient (Wildman–Crippen LogP) is 1.90. The van der Waals surface area contributed by atoms with Crippen LogP contribution in [0.2, 0.25) is 5.02 Å². The molecule has 0 unspecified atom stereocenters. The summed E-state index contributed by atoms with van der Waals surface area (Å²) >= 11 is 6.17. The first kappa shape index (κ1) is 15.8. The lowest BCUT2D eigenvalue weighted by atomic mass is 10.1. The van der Waals surface area contributed by atoms with Crippen LogP contribution in [0, 0.1) is 11.8 Å². The van der Waals surface area contributed by atoms with Crippen LogP contribution in [-0.2, 0) is 4.74 Å². The Morgan fingerprint density at radius 1 is 1.43 bits per heavy atom. The maximum atomic E-state index is 12.5. The quantitative estimate of drug-likeness (QED) is 0.806. The molecule has 1 fully saturated rings. The molecule has 1 amide bonds. The fraction of sp³-hybridized carbons (Fsp3) is 0.438. The molecule has 4 nitrogen and oxygen atoms in total. The fourth-order valence-corrected chi connectivity index (χ4v) is 2.65. The van der Waals surface area contributed by atoms with Gasteiger partial charge in [-0.15, -0.1) is 0 Å². The molecule has 1 aliphatic heterocycles. The molecule has 0 saturated carbocycles. The lowest BCUT2D eigenvalue weighted by Crippen LogP contribution is -2.48. The number of nitrogens with zero attached hydrogens (tertiary/aromatic N) is 1. The SMILES string of the molecule is C[C@@H]1CN(C(=O)c2ccc(C#CCN)c(Cl)c2)C[C@H](C)O1. The number of ether oxygens (including phenoxy) is 1. The zero-order valence-electron chi connectivity index (χ0n) is 12.2. The second kappa shape index (κ2) is 6.95. The monoisotopic (exact) mass is 306 g/mol. The Morgan fingerprint density at radius 3 is 2.67 bits per heavy atom. The van der Waals surface area contributed by atoms with E-state index in [4.69, 9.17) is 22.1 Å². The topological polar surface area (TPSA) is 55.6 Å². The maximum absolute atomic E-state index is 12.5. The number of hydrogen-bond donors (Lipinski definition) is 1. The average Bonchev–Trinajstić information content (AvgIpc) is 2.44. The summed E-state index contributed by atoms with van der Waals surface area (Å²) in [7, 11) is 0. The van der Waals surface area contributed by atoms with Crippen LogP contribution < -0.4 is 5.73 Å². The highest BCUT2D eigenvalue weighted by atomic mass is 35.5. The number of rotatable bonds is 1. The summed E-state index contributed by atoms with van der Waals surface area (Å²) in [6.07, 6.45) is 0.0886. The molecule has 0 aromatic heterocycles. The minimum Gasteiger partial charge on any atom is -0.372 e. The molecule has 112 valence electrons. The third-order valence-electron chi connectivity index (χ3n) is 3.25. The Labute approximate surface area is 130 Å². The van der Waals surface area contributed by atoms with Crippen molar-refractivity contribution in [3.05, 3.63) is 34.3 Å². The molecule has 0 radical (unpaired) electrons. The van der Waals surface area contributed by atoms with Gasteiger partial charge in [-0.05, 0) is 32.0 Å². The van der Waals surface area contributed by atoms with Crippen LogP contribution in [0.3, 0.4) is 0 Å². The van der Waals surface area contributed by atoms with Crippen molar-refractivity contribution >= 4 is 17.5 Å². The number of morpholine rings is 1. The van der Waals surface area contributed by atoms with E-state index in [1.54, 1.807) is 23.1 Å². The minimum atomic E-state index is -0.0303. The maximum Gasteiger partial charge on any atom is 0.254 e. The van der Waals surface area contributed by atoms with Gasteiger partial charge in [-0.2, -0.15) is 0 Å². The lowest BCUT2D eigenvalue weighted by Gasteiger charge is -2.35. The highest BCUT2D eigenvalue weighted by Crippen LogP contribution is 2.20. The normalized spacial score (nSPS) is 21.6. The first-order valence-corrected chi connectivity index (χ1v) is 7.32. The van der Waals surface area contributed by atoms with Gasteiger partial charge in [0, 0.05) is 24.2 Å². The van der Waals surface area contributed by atoms with E-state index in [0.717, 1.165) is 0 Å². The number of carbonyl (C=O) groups is 1. The number of halogens is 1. The first-order valence-electron chi connectivity index (χ1n) is 6.94. The largest absolute Gasteiger partial charge is 0.372 e. The Bertz CT molecular complexity index is 582. The Hall–Kier alpha value is -1.54. The second-order valence-corrected chi connectivity index (χ2v) is 5.58.